The SMILES string of the molecule is COCCN(C)CCNc1ccc(N)c(OCC2CC2)n1. The Labute approximate surface area is 126 Å². The summed E-state index contributed by atoms with van der Waals surface area (Å²) in [6.45, 7) is 4.13. The van der Waals surface area contributed by atoms with Crippen LogP contribution >= 0.6 is 0 Å². The van der Waals surface area contributed by atoms with Gasteiger partial charge in [-0.2, -0.15) is 4.98 Å². The van der Waals surface area contributed by atoms with Crippen molar-refractivity contribution in [1.82, 2.24) is 9.88 Å². The standard InChI is InChI=1S/C15H26N4O2/c1-19(9-10-20-2)8-7-17-14-6-5-13(16)15(18-14)21-11-12-3-4-12/h5-6,12H,3-4,7-11,16H2,1-2H3,(H,17,18). The molecule has 0 aromatic carbocycles. The summed E-state index contributed by atoms with van der Waals surface area (Å²) in [5.74, 6) is 2.03. The van der Waals surface area contributed by atoms with Crippen molar-refractivity contribution in [3.8, 4) is 5.88 Å². The van der Waals surface area contributed by atoms with Crippen LogP contribution in [0.3, 0.4) is 0 Å². The lowest BCUT2D eigenvalue weighted by Crippen LogP contribution is -2.28. The fraction of sp³-hybridized carbons (Fsp3) is 0.667. The molecule has 0 unspecified atom stereocenters. The van der Waals surface area contributed by atoms with Crippen LogP contribution in [0.15, 0.2) is 12.1 Å². The van der Waals surface area contributed by atoms with Crippen LogP contribution in [0.25, 0.3) is 0 Å². The molecular formula is C15H26N4O2. The Morgan fingerprint density at radius 1 is 1.38 bits per heavy atom. The van der Waals surface area contributed by atoms with Gasteiger partial charge in [0.25, 0.3) is 0 Å². The molecule has 1 saturated carbocycles. The molecule has 1 aromatic heterocycles. The molecule has 1 fully saturated rings. The predicted octanol–water partition coefficient (Wildman–Crippen LogP) is 1.44. The molecule has 0 amide bonds. The Balaban J connectivity index is 1.75. The molecule has 1 heterocycles. The number of nitrogens with zero attached hydrogens (tertiary/aromatic N) is 2. The largest absolute Gasteiger partial charge is 0.476 e. The third-order valence-electron chi connectivity index (χ3n) is 3.52. The Hall–Kier alpha value is -1.53. The summed E-state index contributed by atoms with van der Waals surface area (Å²) in [7, 11) is 3.79. The highest BCUT2D eigenvalue weighted by Gasteiger charge is 2.22. The number of ether oxygens (including phenoxy) is 2. The van der Waals surface area contributed by atoms with Gasteiger partial charge in [0.1, 0.15) is 5.82 Å². The molecule has 21 heavy (non-hydrogen) atoms. The van der Waals surface area contributed by atoms with E-state index in [0.717, 1.165) is 38.7 Å². The van der Waals surface area contributed by atoms with E-state index in [1.165, 1.54) is 12.8 Å². The van der Waals surface area contributed by atoms with Crippen LogP contribution in [0, 0.1) is 5.92 Å². The van der Waals surface area contributed by atoms with Crippen molar-refractivity contribution in [3.05, 3.63) is 12.1 Å². The van der Waals surface area contributed by atoms with Gasteiger partial charge in [0.2, 0.25) is 5.88 Å². The summed E-state index contributed by atoms with van der Waals surface area (Å²) in [6.07, 6.45) is 2.51. The summed E-state index contributed by atoms with van der Waals surface area (Å²) < 4.78 is 10.7. The van der Waals surface area contributed by atoms with Gasteiger partial charge in [0.05, 0.1) is 18.9 Å². The number of likely N-dealkylation sites (N-methyl/N-ethyl adjacent to an activating group) is 1. The third kappa shape index (κ3) is 5.77. The van der Waals surface area contributed by atoms with Gasteiger partial charge in [-0.3, -0.25) is 0 Å². The third-order valence-corrected chi connectivity index (χ3v) is 3.52. The Morgan fingerprint density at radius 2 is 2.19 bits per heavy atom. The first kappa shape index (κ1) is 15.9. The highest BCUT2D eigenvalue weighted by atomic mass is 16.5. The van der Waals surface area contributed by atoms with Crippen molar-refractivity contribution in [2.24, 2.45) is 5.92 Å². The summed E-state index contributed by atoms with van der Waals surface area (Å²) in [5.41, 5.74) is 6.49. The minimum atomic E-state index is 0.541. The van der Waals surface area contributed by atoms with Crippen molar-refractivity contribution < 1.29 is 9.47 Å². The maximum atomic E-state index is 5.89. The van der Waals surface area contributed by atoms with Crippen molar-refractivity contribution in [3.63, 3.8) is 0 Å². The molecule has 0 spiro atoms. The fourth-order valence-electron chi connectivity index (χ4n) is 1.88. The lowest BCUT2D eigenvalue weighted by molar-refractivity contribution is 0.163. The zero-order chi connectivity index (χ0) is 15.1. The van der Waals surface area contributed by atoms with Crippen molar-refractivity contribution in [2.75, 3.05) is 58.1 Å². The van der Waals surface area contributed by atoms with E-state index in [1.807, 2.05) is 12.1 Å². The van der Waals surface area contributed by atoms with Gasteiger partial charge in [-0.25, -0.2) is 0 Å². The molecule has 2 rings (SSSR count). The zero-order valence-corrected chi connectivity index (χ0v) is 13.0. The molecule has 1 aliphatic carbocycles. The second kappa shape index (κ2) is 8.05. The number of rotatable bonds is 10. The quantitative estimate of drug-likeness (QED) is 0.680. The lowest BCUT2D eigenvalue weighted by Gasteiger charge is -2.16. The van der Waals surface area contributed by atoms with E-state index in [9.17, 15) is 0 Å². The number of aromatic nitrogens is 1. The molecular weight excluding hydrogens is 268 g/mol. The van der Waals surface area contributed by atoms with Gasteiger partial charge < -0.3 is 25.4 Å². The van der Waals surface area contributed by atoms with Crippen LogP contribution in [0.1, 0.15) is 12.8 Å². The van der Waals surface area contributed by atoms with E-state index < -0.39 is 0 Å². The average molecular weight is 294 g/mol. The topological polar surface area (TPSA) is 72.6 Å². The van der Waals surface area contributed by atoms with Crippen LogP contribution in [-0.4, -0.2) is 56.9 Å². The predicted molar refractivity (Wildman–Crippen MR) is 84.7 cm³/mol. The number of nitrogen functional groups attached to an aromatic ring is 1. The number of hydrogen-bond donors (Lipinski definition) is 2. The zero-order valence-electron chi connectivity index (χ0n) is 13.0. The van der Waals surface area contributed by atoms with Crippen LogP contribution in [-0.2, 0) is 4.74 Å². The monoisotopic (exact) mass is 294 g/mol. The number of pyridine rings is 1. The van der Waals surface area contributed by atoms with Gasteiger partial charge in [-0.1, -0.05) is 0 Å². The molecule has 0 saturated heterocycles. The summed E-state index contributed by atoms with van der Waals surface area (Å²) in [6, 6.07) is 3.72. The molecule has 0 atom stereocenters. The van der Waals surface area contributed by atoms with Crippen molar-refractivity contribution in [2.45, 2.75) is 12.8 Å². The van der Waals surface area contributed by atoms with E-state index in [-0.39, 0.29) is 0 Å². The van der Waals surface area contributed by atoms with Crippen LogP contribution in [0.2, 0.25) is 0 Å². The Morgan fingerprint density at radius 3 is 2.90 bits per heavy atom. The van der Waals surface area contributed by atoms with Crippen LogP contribution < -0.4 is 15.8 Å². The number of anilines is 2. The highest BCUT2D eigenvalue weighted by molar-refractivity contribution is 5.53. The first-order valence-corrected chi connectivity index (χ1v) is 7.49. The Bertz CT molecular complexity index is 438. The van der Waals surface area contributed by atoms with Gasteiger partial charge >= 0.3 is 0 Å². The first-order chi connectivity index (χ1) is 10.2. The number of nitrogens with two attached hydrogens (primary N) is 1. The van der Waals surface area contributed by atoms with E-state index in [1.54, 1.807) is 7.11 Å². The second-order valence-electron chi connectivity index (χ2n) is 5.57. The van der Waals surface area contributed by atoms with Crippen LogP contribution in [0.5, 0.6) is 5.88 Å². The fourth-order valence-corrected chi connectivity index (χ4v) is 1.88. The number of nitrogens with one attached hydrogen (secondary N) is 1. The smallest absolute Gasteiger partial charge is 0.239 e. The maximum absolute atomic E-state index is 5.89. The van der Waals surface area contributed by atoms with Crippen molar-refractivity contribution in [1.29, 1.82) is 0 Å². The van der Waals surface area contributed by atoms with Crippen LogP contribution in [0.4, 0.5) is 11.5 Å². The molecule has 6 nitrogen and oxygen atoms in total. The van der Waals surface area contributed by atoms with Gasteiger partial charge in [0.15, 0.2) is 0 Å². The summed E-state index contributed by atoms with van der Waals surface area (Å²) in [4.78, 5) is 6.64. The summed E-state index contributed by atoms with van der Waals surface area (Å²) >= 11 is 0. The average Bonchev–Trinajstić information content (AvgIpc) is 3.29. The molecule has 118 valence electrons. The molecule has 0 radical (unpaired) electrons. The molecule has 6 heteroatoms. The normalized spacial score (nSPS) is 14.4. The minimum Gasteiger partial charge on any atom is -0.476 e. The number of methoxy groups -OCH3 is 1. The molecule has 0 aliphatic heterocycles. The Kier molecular flexibility index (Phi) is 6.07. The summed E-state index contributed by atoms with van der Waals surface area (Å²) in [5, 5.41) is 3.29. The first-order valence-electron chi connectivity index (χ1n) is 7.49. The molecule has 1 aromatic rings. The number of hydrogen-bond acceptors (Lipinski definition) is 6. The minimum absolute atomic E-state index is 0.541. The van der Waals surface area contributed by atoms with E-state index in [0.29, 0.717) is 17.5 Å². The van der Waals surface area contributed by atoms with E-state index in [4.69, 9.17) is 15.2 Å². The van der Waals surface area contributed by atoms with E-state index >= 15 is 0 Å². The van der Waals surface area contributed by atoms with Gasteiger partial charge in [-0.05, 0) is 37.9 Å². The van der Waals surface area contributed by atoms with Crippen molar-refractivity contribution >= 4 is 11.5 Å². The molecule has 0 bridgehead atoms. The van der Waals surface area contributed by atoms with Gasteiger partial charge in [-0.15, -0.1) is 0 Å². The van der Waals surface area contributed by atoms with E-state index in [2.05, 4.69) is 22.2 Å². The molecule has 3 N–H and O–H groups in total. The molecule has 1 aliphatic rings. The lowest BCUT2D eigenvalue weighted by atomic mass is 10.4. The van der Waals surface area contributed by atoms with Gasteiger partial charge in [0, 0.05) is 26.7 Å². The maximum Gasteiger partial charge on any atom is 0.239 e. The second-order valence-corrected chi connectivity index (χ2v) is 5.57. The highest BCUT2D eigenvalue weighted by Crippen LogP contribution is 2.30.